The molecule has 0 saturated heterocycles. The quantitative estimate of drug-likeness (QED) is 0.535. The van der Waals surface area contributed by atoms with Crippen molar-refractivity contribution in [2.24, 2.45) is 5.92 Å². The van der Waals surface area contributed by atoms with Gasteiger partial charge < -0.3 is 5.11 Å². The van der Waals surface area contributed by atoms with Gasteiger partial charge in [-0.1, -0.05) is 0 Å². The monoisotopic (exact) mass is 129 g/mol. The van der Waals surface area contributed by atoms with Crippen molar-refractivity contribution in [2.45, 2.75) is 20.8 Å². The van der Waals surface area contributed by atoms with Gasteiger partial charge in [-0.05, 0) is 13.8 Å². The molecule has 0 bridgehead atoms. The van der Waals surface area contributed by atoms with Gasteiger partial charge >= 0.3 is 0 Å². The predicted octanol–water partition coefficient (Wildman–Crippen LogP) is 1.26. The van der Waals surface area contributed by atoms with E-state index < -0.39 is 5.97 Å². The minimum atomic E-state index is -0.833. The fourth-order valence-corrected chi connectivity index (χ4v) is 0. The third-order valence-corrected chi connectivity index (χ3v) is 0.258. The molecule has 0 aromatic rings. The van der Waals surface area contributed by atoms with E-state index in [2.05, 4.69) is 0 Å². The maximum absolute atomic E-state index is 9.00. The lowest BCUT2D eigenvalue weighted by molar-refractivity contribution is -0.134. The fourth-order valence-electron chi connectivity index (χ4n) is 0. The van der Waals surface area contributed by atoms with Crippen LogP contribution in [0.1, 0.15) is 20.8 Å². The second-order valence-electron chi connectivity index (χ2n) is 1.80. The van der Waals surface area contributed by atoms with E-state index in [4.69, 9.17) is 15.2 Å². The van der Waals surface area contributed by atoms with Gasteiger partial charge in [-0.3, -0.25) is 4.79 Å². The van der Waals surface area contributed by atoms with Crippen LogP contribution in [0.5, 0.6) is 0 Å². The molecular formula is C6H11NO2. The Morgan fingerprint density at radius 3 is 1.78 bits per heavy atom. The summed E-state index contributed by atoms with van der Waals surface area (Å²) < 4.78 is 0. The number of nitrogens with zero attached hydrogens (tertiary/aromatic N) is 1. The van der Waals surface area contributed by atoms with Crippen LogP contribution in [0.2, 0.25) is 0 Å². The largest absolute Gasteiger partial charge is 0.481 e. The lowest BCUT2D eigenvalue weighted by Gasteiger charge is -1.75. The Morgan fingerprint density at radius 2 is 1.78 bits per heavy atom. The minimum Gasteiger partial charge on any atom is -0.481 e. The number of aliphatic carboxylic acids is 1. The molecule has 0 aliphatic rings. The zero-order valence-corrected chi connectivity index (χ0v) is 5.88. The molecule has 0 rings (SSSR count). The summed E-state index contributed by atoms with van der Waals surface area (Å²) in [5, 5.41) is 15.3. The highest BCUT2D eigenvalue weighted by molar-refractivity contribution is 5.62. The fraction of sp³-hybridized carbons (Fsp3) is 0.667. The Bertz CT molecular complexity index is 109. The molecule has 9 heavy (non-hydrogen) atoms. The van der Waals surface area contributed by atoms with Gasteiger partial charge in [-0.2, -0.15) is 5.26 Å². The molecule has 0 atom stereocenters. The molecule has 0 spiro atoms. The van der Waals surface area contributed by atoms with E-state index in [9.17, 15) is 0 Å². The molecule has 0 aliphatic heterocycles. The average Bonchev–Trinajstić information content (AvgIpc) is 1.65. The van der Waals surface area contributed by atoms with Gasteiger partial charge in [0.2, 0.25) is 0 Å². The van der Waals surface area contributed by atoms with Crippen LogP contribution in [-0.2, 0) is 4.79 Å². The summed E-state index contributed by atoms with van der Waals surface area (Å²) in [6.07, 6.45) is 0. The van der Waals surface area contributed by atoms with Gasteiger partial charge in [-0.25, -0.2) is 0 Å². The summed E-state index contributed by atoms with van der Waals surface area (Å²) in [6.45, 7) is 4.81. The standard InChI is InChI=1S/C4H7N.C2H4O2/c1-4(2)3-5;1-2(3)4/h4H,1-2H3;1H3,(H,3,4). The maximum Gasteiger partial charge on any atom is 0.300 e. The Balaban J connectivity index is 0. The summed E-state index contributed by atoms with van der Waals surface area (Å²) in [5.74, 6) is -0.644. The molecule has 3 heteroatoms. The maximum atomic E-state index is 9.00. The molecule has 3 nitrogen and oxygen atoms in total. The van der Waals surface area contributed by atoms with Crippen LogP contribution in [0, 0.1) is 17.2 Å². The molecule has 0 aromatic heterocycles. The van der Waals surface area contributed by atoms with E-state index >= 15 is 0 Å². The zero-order valence-electron chi connectivity index (χ0n) is 5.88. The first-order valence-electron chi connectivity index (χ1n) is 2.59. The van der Waals surface area contributed by atoms with E-state index in [1.165, 1.54) is 0 Å². The molecule has 0 unspecified atom stereocenters. The molecular weight excluding hydrogens is 118 g/mol. The molecule has 0 amide bonds. The molecule has 1 N–H and O–H groups in total. The molecule has 52 valence electrons. The van der Waals surface area contributed by atoms with Gasteiger partial charge in [0.15, 0.2) is 0 Å². The van der Waals surface area contributed by atoms with Crippen LogP contribution >= 0.6 is 0 Å². The van der Waals surface area contributed by atoms with Crippen molar-refractivity contribution < 1.29 is 9.90 Å². The number of carboxylic acid groups (broad SMARTS) is 1. The SMILES string of the molecule is CC(=O)O.CC(C)C#N. The topological polar surface area (TPSA) is 61.1 Å². The van der Waals surface area contributed by atoms with Crippen LogP contribution < -0.4 is 0 Å². The number of rotatable bonds is 0. The molecule has 0 heterocycles. The smallest absolute Gasteiger partial charge is 0.300 e. The normalized spacial score (nSPS) is 7.00. The highest BCUT2D eigenvalue weighted by Crippen LogP contribution is 1.81. The van der Waals surface area contributed by atoms with Gasteiger partial charge in [0, 0.05) is 12.8 Å². The summed E-state index contributed by atoms with van der Waals surface area (Å²) in [6, 6.07) is 2.03. The minimum absolute atomic E-state index is 0.190. The third-order valence-electron chi connectivity index (χ3n) is 0.258. The number of carbonyl (C=O) groups is 1. The second kappa shape index (κ2) is 6.96. The van der Waals surface area contributed by atoms with Crippen molar-refractivity contribution in [1.29, 1.82) is 5.26 Å². The summed E-state index contributed by atoms with van der Waals surface area (Å²) in [4.78, 5) is 9.00. The van der Waals surface area contributed by atoms with Crippen molar-refractivity contribution in [3.63, 3.8) is 0 Å². The van der Waals surface area contributed by atoms with Crippen molar-refractivity contribution in [3.05, 3.63) is 0 Å². The average molecular weight is 129 g/mol. The molecule has 0 saturated carbocycles. The highest BCUT2D eigenvalue weighted by Gasteiger charge is 1.78. The third kappa shape index (κ3) is 186. The first-order chi connectivity index (χ1) is 4.00. The number of carboxylic acids is 1. The van der Waals surface area contributed by atoms with Crippen molar-refractivity contribution in [3.8, 4) is 6.07 Å². The van der Waals surface area contributed by atoms with Gasteiger partial charge in [-0.15, -0.1) is 0 Å². The van der Waals surface area contributed by atoms with E-state index in [-0.39, 0.29) is 5.92 Å². The van der Waals surface area contributed by atoms with Crippen LogP contribution in [-0.4, -0.2) is 11.1 Å². The van der Waals surface area contributed by atoms with Crippen molar-refractivity contribution in [2.75, 3.05) is 0 Å². The molecule has 0 radical (unpaired) electrons. The van der Waals surface area contributed by atoms with Gasteiger partial charge in [0.05, 0.1) is 6.07 Å². The molecule has 0 aromatic carbocycles. The van der Waals surface area contributed by atoms with E-state index in [0.717, 1.165) is 6.92 Å². The first kappa shape index (κ1) is 10.9. The van der Waals surface area contributed by atoms with Gasteiger partial charge in [0.1, 0.15) is 0 Å². The van der Waals surface area contributed by atoms with Crippen LogP contribution in [0.3, 0.4) is 0 Å². The number of hydrogen-bond acceptors (Lipinski definition) is 2. The van der Waals surface area contributed by atoms with Crippen LogP contribution in [0.15, 0.2) is 0 Å². The Morgan fingerprint density at radius 1 is 1.67 bits per heavy atom. The lowest BCUT2D eigenvalue weighted by atomic mass is 10.3. The van der Waals surface area contributed by atoms with Gasteiger partial charge in [0.25, 0.3) is 5.97 Å². The second-order valence-corrected chi connectivity index (χ2v) is 1.80. The van der Waals surface area contributed by atoms with E-state index in [0.29, 0.717) is 0 Å². The predicted molar refractivity (Wildman–Crippen MR) is 33.8 cm³/mol. The molecule has 0 aliphatic carbocycles. The van der Waals surface area contributed by atoms with Crippen molar-refractivity contribution >= 4 is 5.97 Å². The number of hydrogen-bond donors (Lipinski definition) is 1. The van der Waals surface area contributed by atoms with Crippen molar-refractivity contribution in [1.82, 2.24) is 0 Å². The Labute approximate surface area is 54.9 Å². The summed E-state index contributed by atoms with van der Waals surface area (Å²) >= 11 is 0. The molecule has 0 fully saturated rings. The van der Waals surface area contributed by atoms with E-state index in [1.807, 2.05) is 19.9 Å². The first-order valence-corrected chi connectivity index (χ1v) is 2.59. The lowest BCUT2D eigenvalue weighted by Crippen LogP contribution is -1.78. The number of nitriles is 1. The van der Waals surface area contributed by atoms with Crippen LogP contribution in [0.25, 0.3) is 0 Å². The summed E-state index contributed by atoms with van der Waals surface area (Å²) in [5.41, 5.74) is 0. The Kier molecular flexibility index (Phi) is 8.39. The Hall–Kier alpha value is -1.04. The van der Waals surface area contributed by atoms with E-state index in [1.54, 1.807) is 0 Å². The zero-order chi connectivity index (χ0) is 7.86. The summed E-state index contributed by atoms with van der Waals surface area (Å²) in [7, 11) is 0. The van der Waals surface area contributed by atoms with Crippen LogP contribution in [0.4, 0.5) is 0 Å². The highest BCUT2D eigenvalue weighted by atomic mass is 16.4.